The highest BCUT2D eigenvalue weighted by Gasteiger charge is 2.19. The quantitative estimate of drug-likeness (QED) is 0.697. The SMILES string of the molecule is CCn1c(NC(=O)c2cnc(N)nc2)cc2c3c(ccc2c1=O)OCCCCO3. The zero-order valence-electron chi connectivity index (χ0n) is 16.0. The molecule has 0 fully saturated rings. The van der Waals surface area contributed by atoms with E-state index in [-0.39, 0.29) is 17.1 Å². The second-order valence-corrected chi connectivity index (χ2v) is 6.62. The second-order valence-electron chi connectivity index (χ2n) is 6.62. The van der Waals surface area contributed by atoms with Gasteiger partial charge in [-0.15, -0.1) is 0 Å². The smallest absolute Gasteiger partial charge is 0.260 e. The van der Waals surface area contributed by atoms with E-state index in [1.54, 1.807) is 18.2 Å². The molecule has 0 saturated heterocycles. The van der Waals surface area contributed by atoms with Crippen LogP contribution in [0.25, 0.3) is 10.8 Å². The number of carbonyl (C=O) groups excluding carboxylic acids is 1. The molecule has 0 aliphatic carbocycles. The van der Waals surface area contributed by atoms with Crippen molar-refractivity contribution in [1.82, 2.24) is 14.5 Å². The van der Waals surface area contributed by atoms with Crippen molar-refractivity contribution in [3.8, 4) is 11.5 Å². The molecule has 150 valence electrons. The molecule has 1 amide bonds. The Morgan fingerprint density at radius 3 is 2.62 bits per heavy atom. The highest BCUT2D eigenvalue weighted by molar-refractivity contribution is 6.04. The van der Waals surface area contributed by atoms with Gasteiger partial charge in [0.15, 0.2) is 11.5 Å². The third kappa shape index (κ3) is 3.58. The molecular weight excluding hydrogens is 374 g/mol. The summed E-state index contributed by atoms with van der Waals surface area (Å²) in [4.78, 5) is 33.3. The summed E-state index contributed by atoms with van der Waals surface area (Å²) in [7, 11) is 0. The van der Waals surface area contributed by atoms with Gasteiger partial charge in [0.25, 0.3) is 11.5 Å². The summed E-state index contributed by atoms with van der Waals surface area (Å²) >= 11 is 0. The fourth-order valence-corrected chi connectivity index (χ4v) is 3.26. The number of fused-ring (bicyclic) bond motifs is 3. The number of benzene rings is 1. The summed E-state index contributed by atoms with van der Waals surface area (Å²) in [5.41, 5.74) is 5.48. The molecule has 0 bridgehead atoms. The Morgan fingerprint density at radius 1 is 1.17 bits per heavy atom. The van der Waals surface area contributed by atoms with E-state index in [1.807, 2.05) is 6.92 Å². The molecule has 4 rings (SSSR count). The molecular formula is C20H21N5O4. The Hall–Kier alpha value is -3.62. The number of hydrogen-bond donors (Lipinski definition) is 2. The van der Waals surface area contributed by atoms with E-state index < -0.39 is 5.91 Å². The van der Waals surface area contributed by atoms with Crippen LogP contribution in [0.4, 0.5) is 11.8 Å². The molecule has 2 aromatic heterocycles. The highest BCUT2D eigenvalue weighted by atomic mass is 16.5. The first-order valence-corrected chi connectivity index (χ1v) is 9.43. The Balaban J connectivity index is 1.82. The number of amides is 1. The van der Waals surface area contributed by atoms with Crippen LogP contribution in [0.2, 0.25) is 0 Å². The topological polar surface area (TPSA) is 121 Å². The Labute approximate surface area is 166 Å². The summed E-state index contributed by atoms with van der Waals surface area (Å²) in [6.45, 7) is 3.35. The van der Waals surface area contributed by atoms with Gasteiger partial charge in [0.05, 0.1) is 24.2 Å². The number of carbonyl (C=O) groups is 1. The zero-order valence-corrected chi connectivity index (χ0v) is 16.0. The maximum Gasteiger partial charge on any atom is 0.260 e. The summed E-state index contributed by atoms with van der Waals surface area (Å²) < 4.78 is 13.2. The van der Waals surface area contributed by atoms with Gasteiger partial charge in [0.1, 0.15) is 5.82 Å². The van der Waals surface area contributed by atoms with Crippen molar-refractivity contribution in [2.75, 3.05) is 24.3 Å². The molecule has 3 aromatic rings. The second kappa shape index (κ2) is 7.78. The van der Waals surface area contributed by atoms with Crippen LogP contribution < -0.4 is 26.1 Å². The predicted octanol–water partition coefficient (Wildman–Crippen LogP) is 2.20. The highest BCUT2D eigenvalue weighted by Crippen LogP contribution is 2.37. The summed E-state index contributed by atoms with van der Waals surface area (Å²) in [6, 6.07) is 5.22. The average Bonchev–Trinajstić information content (AvgIpc) is 2.69. The van der Waals surface area contributed by atoms with Crippen molar-refractivity contribution < 1.29 is 14.3 Å². The van der Waals surface area contributed by atoms with Gasteiger partial charge in [-0.2, -0.15) is 0 Å². The maximum absolute atomic E-state index is 13.1. The van der Waals surface area contributed by atoms with E-state index in [9.17, 15) is 9.59 Å². The normalized spacial score (nSPS) is 13.6. The van der Waals surface area contributed by atoms with Crippen LogP contribution >= 0.6 is 0 Å². The van der Waals surface area contributed by atoms with Gasteiger partial charge in [-0.1, -0.05) is 0 Å². The van der Waals surface area contributed by atoms with Crippen LogP contribution in [0.1, 0.15) is 30.1 Å². The van der Waals surface area contributed by atoms with Crippen molar-refractivity contribution >= 4 is 28.4 Å². The lowest BCUT2D eigenvalue weighted by Crippen LogP contribution is -2.25. The fourth-order valence-electron chi connectivity index (χ4n) is 3.26. The third-order valence-electron chi connectivity index (χ3n) is 4.74. The molecule has 9 nitrogen and oxygen atoms in total. The lowest BCUT2D eigenvalue weighted by atomic mass is 10.1. The number of anilines is 2. The van der Waals surface area contributed by atoms with Crippen LogP contribution in [0.3, 0.4) is 0 Å². The molecule has 29 heavy (non-hydrogen) atoms. The molecule has 0 spiro atoms. The molecule has 0 saturated carbocycles. The van der Waals surface area contributed by atoms with Crippen LogP contribution in [-0.2, 0) is 6.54 Å². The number of nitrogens with two attached hydrogens (primary N) is 1. The molecule has 0 radical (unpaired) electrons. The zero-order chi connectivity index (χ0) is 20.4. The molecule has 3 N–H and O–H groups in total. The lowest BCUT2D eigenvalue weighted by molar-refractivity contribution is 0.102. The average molecular weight is 395 g/mol. The first-order chi connectivity index (χ1) is 14.1. The first-order valence-electron chi connectivity index (χ1n) is 9.43. The third-order valence-corrected chi connectivity index (χ3v) is 4.74. The minimum atomic E-state index is -0.443. The number of nitrogens with zero attached hydrogens (tertiary/aromatic N) is 3. The minimum absolute atomic E-state index is 0.0773. The summed E-state index contributed by atoms with van der Waals surface area (Å²) in [6.07, 6.45) is 4.43. The number of ether oxygens (including phenoxy) is 2. The lowest BCUT2D eigenvalue weighted by Gasteiger charge is -2.20. The molecule has 0 atom stereocenters. The first kappa shape index (κ1) is 18.7. The Morgan fingerprint density at radius 2 is 1.90 bits per heavy atom. The van der Waals surface area contributed by atoms with Gasteiger partial charge >= 0.3 is 0 Å². The maximum atomic E-state index is 13.1. The molecule has 0 unspecified atom stereocenters. The standard InChI is InChI=1S/C20H21N5O4/c1-2-25-16(24-18(26)12-10-22-20(21)23-11-12)9-14-13(19(25)27)5-6-15-17(14)29-8-4-3-7-28-15/h5-6,9-11H,2-4,7-8H2,1H3,(H,24,26)(H2,21,22,23). The van der Waals surface area contributed by atoms with E-state index >= 15 is 0 Å². The molecule has 9 heteroatoms. The van der Waals surface area contributed by atoms with Gasteiger partial charge < -0.3 is 20.5 Å². The van der Waals surface area contributed by atoms with Gasteiger partial charge in [-0.05, 0) is 38.0 Å². The van der Waals surface area contributed by atoms with Crippen molar-refractivity contribution in [3.63, 3.8) is 0 Å². The monoisotopic (exact) mass is 395 g/mol. The number of rotatable bonds is 3. The van der Waals surface area contributed by atoms with Crippen molar-refractivity contribution in [1.29, 1.82) is 0 Å². The molecule has 1 aromatic carbocycles. The van der Waals surface area contributed by atoms with Crippen LogP contribution in [0.15, 0.2) is 35.4 Å². The molecule has 1 aliphatic heterocycles. The van der Waals surface area contributed by atoms with E-state index in [0.29, 0.717) is 47.8 Å². The number of nitrogen functional groups attached to an aromatic ring is 1. The van der Waals surface area contributed by atoms with Gasteiger partial charge in [-0.25, -0.2) is 9.97 Å². The van der Waals surface area contributed by atoms with E-state index in [0.717, 1.165) is 12.8 Å². The van der Waals surface area contributed by atoms with Crippen molar-refractivity contribution in [2.24, 2.45) is 0 Å². The minimum Gasteiger partial charge on any atom is -0.490 e. The molecule has 3 heterocycles. The largest absolute Gasteiger partial charge is 0.490 e. The Kier molecular flexibility index (Phi) is 5.03. The number of aromatic nitrogens is 3. The molecule has 1 aliphatic rings. The van der Waals surface area contributed by atoms with E-state index in [2.05, 4.69) is 15.3 Å². The van der Waals surface area contributed by atoms with Gasteiger partial charge in [0.2, 0.25) is 5.95 Å². The number of hydrogen-bond acceptors (Lipinski definition) is 7. The van der Waals surface area contributed by atoms with Crippen LogP contribution in [0.5, 0.6) is 11.5 Å². The van der Waals surface area contributed by atoms with Crippen molar-refractivity contribution in [2.45, 2.75) is 26.3 Å². The summed E-state index contributed by atoms with van der Waals surface area (Å²) in [5, 5.41) is 3.88. The van der Waals surface area contributed by atoms with Crippen LogP contribution in [-0.4, -0.2) is 33.7 Å². The van der Waals surface area contributed by atoms with Crippen LogP contribution in [0, 0.1) is 0 Å². The Bertz CT molecular complexity index is 1120. The van der Waals surface area contributed by atoms with Gasteiger partial charge in [0, 0.05) is 24.3 Å². The van der Waals surface area contributed by atoms with Gasteiger partial charge in [-0.3, -0.25) is 14.2 Å². The van der Waals surface area contributed by atoms with E-state index in [1.165, 1.54) is 17.0 Å². The van der Waals surface area contributed by atoms with Crippen molar-refractivity contribution in [3.05, 3.63) is 46.5 Å². The summed E-state index contributed by atoms with van der Waals surface area (Å²) in [5.74, 6) is 1.10. The number of nitrogens with one attached hydrogen (secondary N) is 1. The van der Waals surface area contributed by atoms with E-state index in [4.69, 9.17) is 15.2 Å². The number of pyridine rings is 1. The fraction of sp³-hybridized carbons (Fsp3) is 0.300. The predicted molar refractivity (Wildman–Crippen MR) is 109 cm³/mol.